The van der Waals surface area contributed by atoms with Crippen molar-refractivity contribution in [2.75, 3.05) is 23.4 Å². The van der Waals surface area contributed by atoms with Crippen molar-refractivity contribution in [1.29, 1.82) is 5.41 Å². The van der Waals surface area contributed by atoms with E-state index in [1.54, 1.807) is 24.3 Å². The van der Waals surface area contributed by atoms with Gasteiger partial charge >= 0.3 is 0 Å². The Bertz CT molecular complexity index is 902. The van der Waals surface area contributed by atoms with Crippen LogP contribution < -0.4 is 16.0 Å². The first-order valence-electron chi connectivity index (χ1n) is 9.36. The number of aliphatic hydroxyl groups excluding tert-OH is 1. The molecule has 2 aromatic rings. The normalized spacial score (nSPS) is 17.1. The molecule has 2 aromatic carbocycles. The number of nitrogens with zero attached hydrogens (tertiary/aromatic N) is 1. The predicted octanol–water partition coefficient (Wildman–Crippen LogP) is 1.69. The quantitative estimate of drug-likeness (QED) is 0.407. The molecular weight excluding hydrogens is 408 g/mol. The Labute approximate surface area is 180 Å². The third-order valence-electron chi connectivity index (χ3n) is 4.80. The van der Waals surface area contributed by atoms with Crippen molar-refractivity contribution in [3.8, 4) is 0 Å². The summed E-state index contributed by atoms with van der Waals surface area (Å²) in [4.78, 5) is 26.8. The van der Waals surface area contributed by atoms with Crippen LogP contribution in [0.4, 0.5) is 11.4 Å². The molecule has 3 rings (SSSR count). The molecule has 1 unspecified atom stereocenters. The second-order valence-corrected chi connectivity index (χ2v) is 6.73. The van der Waals surface area contributed by atoms with Gasteiger partial charge in [-0.25, -0.2) is 0 Å². The van der Waals surface area contributed by atoms with E-state index < -0.39 is 24.0 Å². The second-order valence-electron chi connectivity index (χ2n) is 6.73. The lowest BCUT2D eigenvalue weighted by atomic mass is 10.1. The van der Waals surface area contributed by atoms with Crippen LogP contribution in [0.1, 0.15) is 18.1 Å². The third kappa shape index (κ3) is 5.15. The second kappa shape index (κ2) is 10.2. The first kappa shape index (κ1) is 23.3. The lowest BCUT2D eigenvalue weighted by Crippen LogP contribution is -2.55. The summed E-state index contributed by atoms with van der Waals surface area (Å²) in [7, 11) is 0. The number of anilines is 2. The number of nitrogens with one attached hydrogen (secondary N) is 2. The van der Waals surface area contributed by atoms with E-state index >= 15 is 0 Å². The molecular formula is C21H25ClN4O4. The molecule has 2 amide bonds. The standard InChI is InChI=1S/C21H24N4O4.ClH/c1-2-13-3-9-16(10-4-13)25-11-12-29-18(21(25)28)17(26)20(27)24-15-7-5-14(6-8-15)19(22)23;/h3-10,17-18,26H,2,11-12H2,1H3,(H3,22,23)(H,24,27);1H/t17?,18-;/m1./s1. The summed E-state index contributed by atoms with van der Waals surface area (Å²) in [5.41, 5.74) is 8.18. The highest BCUT2D eigenvalue weighted by atomic mass is 35.5. The van der Waals surface area contributed by atoms with E-state index in [-0.39, 0.29) is 24.8 Å². The fourth-order valence-electron chi connectivity index (χ4n) is 3.09. The van der Waals surface area contributed by atoms with Crippen LogP contribution in [0.5, 0.6) is 0 Å². The van der Waals surface area contributed by atoms with Crippen LogP contribution in [0, 0.1) is 5.41 Å². The van der Waals surface area contributed by atoms with Crippen LogP contribution >= 0.6 is 12.4 Å². The van der Waals surface area contributed by atoms with E-state index in [1.165, 1.54) is 4.90 Å². The minimum absolute atomic E-state index is 0. The number of aliphatic hydroxyl groups is 1. The summed E-state index contributed by atoms with van der Waals surface area (Å²) in [5, 5.41) is 20.3. The van der Waals surface area contributed by atoms with Crippen molar-refractivity contribution in [2.45, 2.75) is 25.6 Å². The summed E-state index contributed by atoms with van der Waals surface area (Å²) in [6.07, 6.45) is -2.05. The van der Waals surface area contributed by atoms with E-state index in [1.807, 2.05) is 31.2 Å². The van der Waals surface area contributed by atoms with Crippen LogP contribution in [-0.4, -0.2) is 48.1 Å². The van der Waals surface area contributed by atoms with Gasteiger partial charge in [0.25, 0.3) is 11.8 Å². The topological polar surface area (TPSA) is 129 Å². The number of carbonyl (C=O) groups is 2. The van der Waals surface area contributed by atoms with Crippen molar-refractivity contribution in [2.24, 2.45) is 5.73 Å². The zero-order valence-electron chi connectivity index (χ0n) is 16.5. The van der Waals surface area contributed by atoms with Gasteiger partial charge in [-0.05, 0) is 48.4 Å². The minimum atomic E-state index is -1.66. The van der Waals surface area contributed by atoms with Crippen LogP contribution in [0.3, 0.4) is 0 Å². The molecule has 1 fully saturated rings. The largest absolute Gasteiger partial charge is 0.384 e. The number of hydrogen-bond donors (Lipinski definition) is 4. The van der Waals surface area contributed by atoms with E-state index in [9.17, 15) is 14.7 Å². The number of rotatable bonds is 6. The van der Waals surface area contributed by atoms with Gasteiger partial charge in [-0.1, -0.05) is 19.1 Å². The summed E-state index contributed by atoms with van der Waals surface area (Å²) >= 11 is 0. The minimum Gasteiger partial charge on any atom is -0.384 e. The first-order chi connectivity index (χ1) is 13.9. The molecule has 1 aliphatic heterocycles. The SMILES string of the molecule is CCc1ccc(N2CCO[C@H](C(O)C(=O)Nc3ccc(C(=N)N)cc3)C2=O)cc1.Cl. The summed E-state index contributed by atoms with van der Waals surface area (Å²) in [6, 6.07) is 13.9. The van der Waals surface area contributed by atoms with Gasteiger partial charge < -0.3 is 25.8 Å². The number of amidine groups is 1. The molecule has 9 heteroatoms. The maximum Gasteiger partial charge on any atom is 0.259 e. The smallest absolute Gasteiger partial charge is 0.259 e. The maximum absolute atomic E-state index is 12.8. The van der Waals surface area contributed by atoms with E-state index in [0.29, 0.717) is 23.5 Å². The van der Waals surface area contributed by atoms with Crippen LogP contribution in [0.15, 0.2) is 48.5 Å². The molecule has 0 aromatic heterocycles. The number of nitrogen functional groups attached to an aromatic ring is 1. The lowest BCUT2D eigenvalue weighted by Gasteiger charge is -2.34. The zero-order valence-corrected chi connectivity index (χ0v) is 17.3. The molecule has 0 aliphatic carbocycles. The molecule has 1 heterocycles. The average molecular weight is 433 g/mol. The van der Waals surface area contributed by atoms with Gasteiger partial charge in [-0.15, -0.1) is 12.4 Å². The average Bonchev–Trinajstić information content (AvgIpc) is 2.74. The van der Waals surface area contributed by atoms with Gasteiger partial charge in [0.05, 0.1) is 6.61 Å². The number of amides is 2. The monoisotopic (exact) mass is 432 g/mol. The van der Waals surface area contributed by atoms with Gasteiger partial charge in [0.15, 0.2) is 12.2 Å². The maximum atomic E-state index is 12.8. The summed E-state index contributed by atoms with van der Waals surface area (Å²) in [6.45, 7) is 2.61. The Morgan fingerprint density at radius 1 is 1.27 bits per heavy atom. The van der Waals surface area contributed by atoms with Crippen LogP contribution in [0.25, 0.3) is 0 Å². The molecule has 0 radical (unpaired) electrons. The van der Waals surface area contributed by atoms with Crippen LogP contribution in [-0.2, 0) is 20.7 Å². The number of nitrogens with two attached hydrogens (primary N) is 1. The van der Waals surface area contributed by atoms with Crippen molar-refractivity contribution < 1.29 is 19.4 Å². The third-order valence-corrected chi connectivity index (χ3v) is 4.80. The molecule has 0 spiro atoms. The first-order valence-corrected chi connectivity index (χ1v) is 9.36. The Morgan fingerprint density at radius 3 is 2.47 bits per heavy atom. The van der Waals surface area contributed by atoms with Crippen molar-refractivity contribution in [3.63, 3.8) is 0 Å². The Kier molecular flexibility index (Phi) is 7.93. The fraction of sp³-hybridized carbons (Fsp3) is 0.286. The molecule has 30 heavy (non-hydrogen) atoms. The fourth-order valence-corrected chi connectivity index (χ4v) is 3.09. The highest BCUT2D eigenvalue weighted by molar-refractivity contribution is 6.04. The Hall–Kier alpha value is -2.94. The van der Waals surface area contributed by atoms with E-state index in [4.69, 9.17) is 15.9 Å². The van der Waals surface area contributed by atoms with Gasteiger partial charge in [0, 0.05) is 23.5 Å². The van der Waals surface area contributed by atoms with Gasteiger partial charge in [-0.2, -0.15) is 0 Å². The van der Waals surface area contributed by atoms with Gasteiger partial charge in [0.2, 0.25) is 0 Å². The van der Waals surface area contributed by atoms with E-state index in [0.717, 1.165) is 12.0 Å². The molecule has 2 atom stereocenters. The number of ether oxygens (including phenoxy) is 1. The number of halogens is 1. The molecule has 0 saturated carbocycles. The molecule has 5 N–H and O–H groups in total. The Morgan fingerprint density at radius 2 is 1.90 bits per heavy atom. The zero-order chi connectivity index (χ0) is 21.0. The summed E-state index contributed by atoms with van der Waals surface area (Å²) in [5.74, 6) is -1.30. The number of hydrogen-bond acceptors (Lipinski definition) is 5. The number of morpholine rings is 1. The number of carbonyl (C=O) groups excluding carboxylic acids is 2. The van der Waals surface area contributed by atoms with Crippen molar-refractivity contribution in [3.05, 3.63) is 59.7 Å². The number of aryl methyl sites for hydroxylation is 1. The molecule has 1 saturated heterocycles. The van der Waals surface area contributed by atoms with Crippen molar-refractivity contribution in [1.82, 2.24) is 0 Å². The molecule has 0 bridgehead atoms. The lowest BCUT2D eigenvalue weighted by molar-refractivity contribution is -0.150. The van der Waals surface area contributed by atoms with Crippen molar-refractivity contribution >= 4 is 41.4 Å². The Balaban J connectivity index is 0.00000320. The highest BCUT2D eigenvalue weighted by Crippen LogP contribution is 2.22. The highest BCUT2D eigenvalue weighted by Gasteiger charge is 2.39. The van der Waals surface area contributed by atoms with Gasteiger partial charge in [-0.3, -0.25) is 15.0 Å². The molecule has 1 aliphatic rings. The van der Waals surface area contributed by atoms with Crippen LogP contribution in [0.2, 0.25) is 0 Å². The molecule has 160 valence electrons. The molecule has 8 nitrogen and oxygen atoms in total. The van der Waals surface area contributed by atoms with Gasteiger partial charge in [0.1, 0.15) is 5.84 Å². The predicted molar refractivity (Wildman–Crippen MR) is 117 cm³/mol. The summed E-state index contributed by atoms with van der Waals surface area (Å²) < 4.78 is 5.41. The number of benzene rings is 2. The van der Waals surface area contributed by atoms with E-state index in [2.05, 4.69) is 5.32 Å².